The standard InChI is InChI=1S/C10H13Cl2N/c1-2-3-10(13)8-5-4-7(11)6-9(8)12/h4-6,10H,2-3,13H2,1H3/t10-/m0/s1. The summed E-state index contributed by atoms with van der Waals surface area (Å²) >= 11 is 11.8. The second-order valence-corrected chi connectivity index (χ2v) is 3.90. The lowest BCUT2D eigenvalue weighted by Crippen LogP contribution is -2.10. The van der Waals surface area contributed by atoms with Gasteiger partial charge >= 0.3 is 0 Å². The molecule has 0 saturated heterocycles. The Balaban J connectivity index is 2.88. The van der Waals surface area contributed by atoms with E-state index in [-0.39, 0.29) is 6.04 Å². The average molecular weight is 218 g/mol. The molecule has 0 aliphatic heterocycles. The molecule has 3 heteroatoms. The van der Waals surface area contributed by atoms with Crippen molar-refractivity contribution >= 4 is 23.2 Å². The molecule has 0 fully saturated rings. The highest BCUT2D eigenvalue weighted by Gasteiger charge is 2.08. The Morgan fingerprint density at radius 2 is 2.08 bits per heavy atom. The second-order valence-electron chi connectivity index (χ2n) is 3.06. The fourth-order valence-corrected chi connectivity index (χ4v) is 1.82. The summed E-state index contributed by atoms with van der Waals surface area (Å²) in [6, 6.07) is 5.46. The van der Waals surface area contributed by atoms with Crippen molar-refractivity contribution in [2.75, 3.05) is 0 Å². The van der Waals surface area contributed by atoms with Crippen molar-refractivity contribution in [3.63, 3.8) is 0 Å². The molecule has 0 unspecified atom stereocenters. The zero-order chi connectivity index (χ0) is 9.84. The largest absolute Gasteiger partial charge is 0.324 e. The van der Waals surface area contributed by atoms with Gasteiger partial charge in [-0.15, -0.1) is 0 Å². The van der Waals surface area contributed by atoms with E-state index in [1.54, 1.807) is 6.07 Å². The Kier molecular flexibility index (Phi) is 4.04. The predicted octanol–water partition coefficient (Wildman–Crippen LogP) is 3.79. The highest BCUT2D eigenvalue weighted by Crippen LogP contribution is 2.27. The Morgan fingerprint density at radius 1 is 1.38 bits per heavy atom. The van der Waals surface area contributed by atoms with E-state index in [0.29, 0.717) is 10.0 Å². The summed E-state index contributed by atoms with van der Waals surface area (Å²) in [7, 11) is 0. The number of halogens is 2. The Morgan fingerprint density at radius 3 is 2.62 bits per heavy atom. The lowest BCUT2D eigenvalue weighted by Gasteiger charge is -2.12. The van der Waals surface area contributed by atoms with Gasteiger partial charge in [-0.3, -0.25) is 0 Å². The van der Waals surface area contributed by atoms with E-state index in [9.17, 15) is 0 Å². The molecular weight excluding hydrogens is 205 g/mol. The van der Waals surface area contributed by atoms with E-state index in [1.165, 1.54) is 0 Å². The summed E-state index contributed by atoms with van der Waals surface area (Å²) < 4.78 is 0. The normalized spacial score (nSPS) is 12.9. The number of rotatable bonds is 3. The number of benzene rings is 1. The van der Waals surface area contributed by atoms with Crippen LogP contribution in [0.15, 0.2) is 18.2 Å². The third-order valence-electron chi connectivity index (χ3n) is 1.96. The highest BCUT2D eigenvalue weighted by molar-refractivity contribution is 6.35. The molecule has 0 spiro atoms. The molecule has 0 aliphatic rings. The van der Waals surface area contributed by atoms with E-state index >= 15 is 0 Å². The smallest absolute Gasteiger partial charge is 0.0468 e. The second kappa shape index (κ2) is 4.85. The molecule has 2 N–H and O–H groups in total. The maximum Gasteiger partial charge on any atom is 0.0468 e. The molecule has 0 aliphatic carbocycles. The predicted molar refractivity (Wildman–Crippen MR) is 58.3 cm³/mol. The minimum absolute atomic E-state index is 0.0229. The van der Waals surface area contributed by atoms with Crippen molar-refractivity contribution in [1.82, 2.24) is 0 Å². The molecule has 13 heavy (non-hydrogen) atoms. The molecule has 0 amide bonds. The van der Waals surface area contributed by atoms with Crippen LogP contribution in [0, 0.1) is 0 Å². The highest BCUT2D eigenvalue weighted by atomic mass is 35.5. The average Bonchev–Trinajstić information content (AvgIpc) is 2.04. The first-order valence-corrected chi connectivity index (χ1v) is 5.11. The van der Waals surface area contributed by atoms with Crippen molar-refractivity contribution in [2.45, 2.75) is 25.8 Å². The van der Waals surface area contributed by atoms with Crippen molar-refractivity contribution in [3.05, 3.63) is 33.8 Å². The molecule has 0 bridgehead atoms. The van der Waals surface area contributed by atoms with Crippen molar-refractivity contribution in [2.24, 2.45) is 5.73 Å². The van der Waals surface area contributed by atoms with Crippen LogP contribution in [0.25, 0.3) is 0 Å². The summed E-state index contributed by atoms with van der Waals surface area (Å²) in [5, 5.41) is 1.31. The summed E-state index contributed by atoms with van der Waals surface area (Å²) in [4.78, 5) is 0. The zero-order valence-corrected chi connectivity index (χ0v) is 9.07. The van der Waals surface area contributed by atoms with Crippen LogP contribution in [0.2, 0.25) is 10.0 Å². The molecular formula is C10H13Cl2N. The molecule has 0 aromatic heterocycles. The van der Waals surface area contributed by atoms with Gasteiger partial charge in [0.15, 0.2) is 0 Å². The molecule has 1 rings (SSSR count). The van der Waals surface area contributed by atoms with Crippen molar-refractivity contribution in [1.29, 1.82) is 0 Å². The minimum Gasteiger partial charge on any atom is -0.324 e. The lowest BCUT2D eigenvalue weighted by molar-refractivity contribution is 0.639. The third-order valence-corrected chi connectivity index (χ3v) is 2.52. The van der Waals surface area contributed by atoms with Crippen LogP contribution in [0.3, 0.4) is 0 Å². The van der Waals surface area contributed by atoms with Crippen LogP contribution in [0.4, 0.5) is 0 Å². The van der Waals surface area contributed by atoms with E-state index in [2.05, 4.69) is 6.92 Å². The van der Waals surface area contributed by atoms with E-state index in [0.717, 1.165) is 18.4 Å². The topological polar surface area (TPSA) is 26.0 Å². The van der Waals surface area contributed by atoms with Crippen molar-refractivity contribution < 1.29 is 0 Å². The quantitative estimate of drug-likeness (QED) is 0.820. The van der Waals surface area contributed by atoms with Gasteiger partial charge in [-0.05, 0) is 24.1 Å². The maximum atomic E-state index is 6.00. The minimum atomic E-state index is 0.0229. The molecule has 1 aromatic carbocycles. The Bertz CT molecular complexity index is 286. The lowest BCUT2D eigenvalue weighted by atomic mass is 10.0. The molecule has 0 radical (unpaired) electrons. The number of hydrogen-bond acceptors (Lipinski definition) is 1. The third kappa shape index (κ3) is 2.87. The monoisotopic (exact) mass is 217 g/mol. The first-order chi connectivity index (χ1) is 6.15. The molecule has 0 saturated carbocycles. The maximum absolute atomic E-state index is 6.00. The first kappa shape index (κ1) is 10.8. The van der Waals surface area contributed by atoms with Gasteiger partial charge in [-0.2, -0.15) is 0 Å². The van der Waals surface area contributed by atoms with Crippen LogP contribution in [-0.4, -0.2) is 0 Å². The van der Waals surface area contributed by atoms with Crippen LogP contribution < -0.4 is 5.73 Å². The molecule has 1 aromatic rings. The molecule has 0 heterocycles. The van der Waals surface area contributed by atoms with Gasteiger partial charge in [0, 0.05) is 16.1 Å². The van der Waals surface area contributed by atoms with Gasteiger partial charge in [0.05, 0.1) is 0 Å². The molecule has 1 atom stereocenters. The fourth-order valence-electron chi connectivity index (χ4n) is 1.27. The molecule has 1 nitrogen and oxygen atoms in total. The van der Waals surface area contributed by atoms with Gasteiger partial charge in [0.1, 0.15) is 0 Å². The van der Waals surface area contributed by atoms with Crippen LogP contribution in [-0.2, 0) is 0 Å². The van der Waals surface area contributed by atoms with Crippen LogP contribution in [0.5, 0.6) is 0 Å². The van der Waals surface area contributed by atoms with E-state index in [4.69, 9.17) is 28.9 Å². The van der Waals surface area contributed by atoms with Crippen molar-refractivity contribution in [3.8, 4) is 0 Å². The number of hydrogen-bond donors (Lipinski definition) is 1. The van der Waals surface area contributed by atoms with Crippen LogP contribution in [0.1, 0.15) is 31.4 Å². The zero-order valence-electron chi connectivity index (χ0n) is 7.56. The summed E-state index contributed by atoms with van der Waals surface area (Å²) in [6.45, 7) is 2.10. The van der Waals surface area contributed by atoms with E-state index < -0.39 is 0 Å². The van der Waals surface area contributed by atoms with Gasteiger partial charge in [0.2, 0.25) is 0 Å². The number of nitrogens with two attached hydrogens (primary N) is 1. The SMILES string of the molecule is CCC[C@H](N)c1ccc(Cl)cc1Cl. The van der Waals surface area contributed by atoms with Gasteiger partial charge in [-0.1, -0.05) is 42.6 Å². The molecule has 72 valence electrons. The Labute approximate surface area is 88.8 Å². The summed E-state index contributed by atoms with van der Waals surface area (Å²) in [5.41, 5.74) is 6.91. The van der Waals surface area contributed by atoms with Gasteiger partial charge in [0.25, 0.3) is 0 Å². The van der Waals surface area contributed by atoms with Gasteiger partial charge in [-0.25, -0.2) is 0 Å². The van der Waals surface area contributed by atoms with Gasteiger partial charge < -0.3 is 5.73 Å². The first-order valence-electron chi connectivity index (χ1n) is 4.35. The fraction of sp³-hybridized carbons (Fsp3) is 0.400. The summed E-state index contributed by atoms with van der Waals surface area (Å²) in [6.07, 6.45) is 2.00. The Hall–Kier alpha value is -0.240. The van der Waals surface area contributed by atoms with E-state index in [1.807, 2.05) is 12.1 Å². The summed E-state index contributed by atoms with van der Waals surface area (Å²) in [5.74, 6) is 0. The van der Waals surface area contributed by atoms with Crippen LogP contribution >= 0.6 is 23.2 Å².